The summed E-state index contributed by atoms with van der Waals surface area (Å²) in [6.07, 6.45) is 1.21. The van der Waals surface area contributed by atoms with E-state index in [0.29, 0.717) is 12.0 Å². The number of nitrogens with one attached hydrogen (secondary N) is 1. The summed E-state index contributed by atoms with van der Waals surface area (Å²) in [6, 6.07) is 11.6. The average Bonchev–Trinajstić information content (AvgIpc) is 2.76. The smallest absolute Gasteiger partial charge is 0.0403 e. The average molecular weight is 257 g/mol. The van der Waals surface area contributed by atoms with E-state index in [1.54, 1.807) is 0 Å². The zero-order chi connectivity index (χ0) is 12.5. The first kappa shape index (κ1) is 11.9. The van der Waals surface area contributed by atoms with Crippen LogP contribution >= 0.6 is 11.3 Å². The quantitative estimate of drug-likeness (QED) is 0.871. The zero-order valence-corrected chi connectivity index (χ0v) is 11.8. The van der Waals surface area contributed by atoms with Gasteiger partial charge in [-0.25, -0.2) is 0 Å². The summed E-state index contributed by atoms with van der Waals surface area (Å²) >= 11 is 1.85. The molecule has 0 bridgehead atoms. The number of fused-ring (bicyclic) bond motifs is 1. The second kappa shape index (κ2) is 4.87. The summed E-state index contributed by atoms with van der Waals surface area (Å²) in [4.78, 5) is 1.45. The molecule has 2 aromatic rings. The molecule has 1 aliphatic rings. The van der Waals surface area contributed by atoms with Crippen LogP contribution in [0.5, 0.6) is 0 Å². The van der Waals surface area contributed by atoms with Gasteiger partial charge in [-0.05, 0) is 48.0 Å². The molecular formula is C16H19NS. The van der Waals surface area contributed by atoms with Gasteiger partial charge in [-0.3, -0.25) is 0 Å². The van der Waals surface area contributed by atoms with Crippen molar-refractivity contribution in [3.63, 3.8) is 0 Å². The third-order valence-corrected chi connectivity index (χ3v) is 4.82. The van der Waals surface area contributed by atoms with E-state index in [9.17, 15) is 0 Å². The molecule has 0 amide bonds. The van der Waals surface area contributed by atoms with Crippen molar-refractivity contribution >= 4 is 11.3 Å². The van der Waals surface area contributed by atoms with Gasteiger partial charge >= 0.3 is 0 Å². The maximum absolute atomic E-state index is 3.68. The number of aryl methyl sites for hydroxylation is 1. The molecule has 2 atom stereocenters. The second-order valence-corrected chi connectivity index (χ2v) is 6.10. The summed E-state index contributed by atoms with van der Waals surface area (Å²) < 4.78 is 0. The Hall–Kier alpha value is -1.12. The molecule has 2 heteroatoms. The molecule has 3 rings (SSSR count). The molecule has 1 aromatic heterocycles. The lowest BCUT2D eigenvalue weighted by Crippen LogP contribution is -2.33. The van der Waals surface area contributed by atoms with Crippen LogP contribution < -0.4 is 5.32 Å². The van der Waals surface area contributed by atoms with Crippen LogP contribution in [0.1, 0.15) is 40.5 Å². The standard InChI is InChI=1S/C16H19NS/c1-3-17-16(13-8-9-18-11(13)2)15-10-12-6-4-5-7-14(12)15/h4-9,15-17H,3,10H2,1-2H3. The Morgan fingerprint density at radius 1 is 1.33 bits per heavy atom. The van der Waals surface area contributed by atoms with Gasteiger partial charge < -0.3 is 5.32 Å². The van der Waals surface area contributed by atoms with Gasteiger partial charge in [0.25, 0.3) is 0 Å². The molecule has 1 aliphatic carbocycles. The molecule has 18 heavy (non-hydrogen) atoms. The fourth-order valence-electron chi connectivity index (χ4n) is 3.00. The van der Waals surface area contributed by atoms with Crippen LogP contribution in [0.4, 0.5) is 0 Å². The van der Waals surface area contributed by atoms with E-state index in [1.807, 2.05) is 11.3 Å². The summed E-state index contributed by atoms with van der Waals surface area (Å²) in [7, 11) is 0. The van der Waals surface area contributed by atoms with Crippen LogP contribution in [0.3, 0.4) is 0 Å². The van der Waals surface area contributed by atoms with Crippen molar-refractivity contribution < 1.29 is 0 Å². The molecule has 1 nitrogen and oxygen atoms in total. The molecule has 1 aromatic carbocycles. The van der Waals surface area contributed by atoms with Crippen molar-refractivity contribution in [2.45, 2.75) is 32.2 Å². The Labute approximate surface area is 113 Å². The molecule has 0 aliphatic heterocycles. The van der Waals surface area contributed by atoms with Gasteiger partial charge in [-0.2, -0.15) is 0 Å². The highest BCUT2D eigenvalue weighted by atomic mass is 32.1. The highest BCUT2D eigenvalue weighted by molar-refractivity contribution is 7.10. The molecule has 0 radical (unpaired) electrons. The maximum atomic E-state index is 3.68. The minimum atomic E-state index is 0.483. The SMILES string of the molecule is CCNC(c1ccsc1C)C1Cc2ccccc21. The largest absolute Gasteiger partial charge is 0.310 e. The zero-order valence-electron chi connectivity index (χ0n) is 10.9. The van der Waals surface area contributed by atoms with Crippen molar-refractivity contribution in [1.29, 1.82) is 0 Å². The molecule has 2 unspecified atom stereocenters. The number of benzene rings is 1. The van der Waals surface area contributed by atoms with Gasteiger partial charge in [0, 0.05) is 16.8 Å². The highest BCUT2D eigenvalue weighted by Crippen LogP contribution is 2.44. The Kier molecular flexibility index (Phi) is 3.23. The molecule has 1 heterocycles. The Morgan fingerprint density at radius 2 is 2.17 bits per heavy atom. The van der Waals surface area contributed by atoms with Crippen molar-refractivity contribution in [2.75, 3.05) is 6.54 Å². The van der Waals surface area contributed by atoms with Crippen LogP contribution in [0.25, 0.3) is 0 Å². The fourth-order valence-corrected chi connectivity index (χ4v) is 3.75. The number of thiophene rings is 1. The fraction of sp³-hybridized carbons (Fsp3) is 0.375. The van der Waals surface area contributed by atoms with Crippen molar-refractivity contribution in [1.82, 2.24) is 5.32 Å². The normalized spacial score (nSPS) is 19.1. The van der Waals surface area contributed by atoms with E-state index in [2.05, 4.69) is 54.9 Å². The van der Waals surface area contributed by atoms with E-state index in [-0.39, 0.29) is 0 Å². The summed E-state index contributed by atoms with van der Waals surface area (Å²) in [5.41, 5.74) is 4.55. The van der Waals surface area contributed by atoms with Crippen LogP contribution in [0, 0.1) is 6.92 Å². The summed E-state index contributed by atoms with van der Waals surface area (Å²) in [6.45, 7) is 5.45. The van der Waals surface area contributed by atoms with Gasteiger partial charge in [0.15, 0.2) is 0 Å². The highest BCUT2D eigenvalue weighted by Gasteiger charge is 2.33. The van der Waals surface area contributed by atoms with Crippen molar-refractivity contribution in [3.8, 4) is 0 Å². The minimum absolute atomic E-state index is 0.483. The molecule has 1 N–H and O–H groups in total. The Morgan fingerprint density at radius 3 is 2.83 bits per heavy atom. The Balaban J connectivity index is 1.91. The van der Waals surface area contributed by atoms with Crippen LogP contribution in [0.2, 0.25) is 0 Å². The lowest BCUT2D eigenvalue weighted by Gasteiger charge is -2.37. The lowest BCUT2D eigenvalue weighted by molar-refractivity contribution is 0.419. The molecular weight excluding hydrogens is 238 g/mol. The van der Waals surface area contributed by atoms with Crippen LogP contribution in [-0.2, 0) is 6.42 Å². The molecule has 94 valence electrons. The topological polar surface area (TPSA) is 12.0 Å². The number of hydrogen-bond acceptors (Lipinski definition) is 2. The molecule has 0 saturated heterocycles. The maximum Gasteiger partial charge on any atom is 0.0403 e. The first-order valence-corrected chi connectivity index (χ1v) is 7.54. The molecule has 0 spiro atoms. The van der Waals surface area contributed by atoms with Gasteiger partial charge in [-0.15, -0.1) is 11.3 Å². The van der Waals surface area contributed by atoms with Crippen molar-refractivity contribution in [2.24, 2.45) is 0 Å². The summed E-state index contributed by atoms with van der Waals surface area (Å²) in [5.74, 6) is 0.648. The summed E-state index contributed by atoms with van der Waals surface area (Å²) in [5, 5.41) is 5.88. The predicted molar refractivity (Wildman–Crippen MR) is 78.4 cm³/mol. The van der Waals surface area contributed by atoms with E-state index in [0.717, 1.165) is 6.54 Å². The van der Waals surface area contributed by atoms with Gasteiger partial charge in [-0.1, -0.05) is 31.2 Å². The van der Waals surface area contributed by atoms with Gasteiger partial charge in [0.05, 0.1) is 0 Å². The van der Waals surface area contributed by atoms with E-state index >= 15 is 0 Å². The lowest BCUT2D eigenvalue weighted by atomic mass is 9.72. The first-order chi connectivity index (χ1) is 8.81. The second-order valence-electron chi connectivity index (χ2n) is 4.98. The van der Waals surface area contributed by atoms with Crippen molar-refractivity contribution in [3.05, 3.63) is 57.3 Å². The number of rotatable bonds is 4. The predicted octanol–water partition coefficient (Wildman–Crippen LogP) is 4.05. The van der Waals surface area contributed by atoms with Crippen LogP contribution in [-0.4, -0.2) is 6.54 Å². The monoisotopic (exact) mass is 257 g/mol. The van der Waals surface area contributed by atoms with Crippen LogP contribution in [0.15, 0.2) is 35.7 Å². The molecule has 0 saturated carbocycles. The third-order valence-electron chi connectivity index (χ3n) is 3.95. The van der Waals surface area contributed by atoms with E-state index in [1.165, 1.54) is 28.0 Å². The Bertz CT molecular complexity index is 544. The number of hydrogen-bond donors (Lipinski definition) is 1. The first-order valence-electron chi connectivity index (χ1n) is 6.66. The van der Waals surface area contributed by atoms with E-state index < -0.39 is 0 Å². The third kappa shape index (κ3) is 1.90. The molecule has 0 fully saturated rings. The van der Waals surface area contributed by atoms with E-state index in [4.69, 9.17) is 0 Å². The van der Waals surface area contributed by atoms with Gasteiger partial charge in [0.1, 0.15) is 0 Å². The van der Waals surface area contributed by atoms with Gasteiger partial charge in [0.2, 0.25) is 0 Å². The number of likely N-dealkylation sites (N-methyl/N-ethyl adjacent to an activating group) is 1. The minimum Gasteiger partial charge on any atom is -0.310 e.